The van der Waals surface area contributed by atoms with Crippen molar-refractivity contribution in [2.45, 2.75) is 6.61 Å². The first kappa shape index (κ1) is 27.9. The largest absolute Gasteiger partial charge is 0.483 e. The monoisotopic (exact) mass is 645 g/mol. The Morgan fingerprint density at radius 2 is 1.08 bits per heavy atom. The molecular formula is C44H31N3OSi. The Labute approximate surface area is 285 Å². The molecular weight excluding hydrogens is 615 g/mol. The molecule has 0 atom stereocenters. The minimum atomic E-state index is -2.68. The molecule has 0 spiro atoms. The van der Waals surface area contributed by atoms with Gasteiger partial charge in [0.2, 0.25) is 0 Å². The van der Waals surface area contributed by atoms with Crippen LogP contribution in [0, 0.1) is 0 Å². The molecule has 9 aromatic rings. The molecule has 1 aliphatic rings. The fourth-order valence-corrected chi connectivity index (χ4v) is 12.8. The van der Waals surface area contributed by atoms with Gasteiger partial charge in [-0.05, 0) is 63.2 Å². The summed E-state index contributed by atoms with van der Waals surface area (Å²) in [6, 6.07) is 64.3. The molecule has 1 aliphatic heterocycles. The van der Waals surface area contributed by atoms with Gasteiger partial charge in [-0.1, -0.05) is 133 Å². The Morgan fingerprint density at radius 3 is 1.80 bits per heavy atom. The molecule has 0 N–H and O–H groups in total. The second kappa shape index (κ2) is 10.9. The number of hydrogen-bond donors (Lipinski definition) is 0. The van der Waals surface area contributed by atoms with Crippen molar-refractivity contribution in [1.29, 1.82) is 0 Å². The van der Waals surface area contributed by atoms with Crippen molar-refractivity contribution in [3.8, 4) is 17.1 Å². The van der Waals surface area contributed by atoms with Gasteiger partial charge in [-0.3, -0.25) is 4.57 Å². The van der Waals surface area contributed by atoms with Crippen LogP contribution in [0.5, 0.6) is 5.75 Å². The number of hydrogen-bond acceptors (Lipinski definition) is 2. The van der Waals surface area contributed by atoms with Crippen LogP contribution in [-0.4, -0.2) is 22.2 Å². The SMILES string of the molecule is c1ccc([Si](c2ccccc2)(c2ccccc2)c2ccc3c(c2)c2ccccc2n3-c2ccc3nc4n(c3c2)-c2ccccc2OC4)cc1. The van der Waals surface area contributed by atoms with E-state index in [1.165, 1.54) is 42.6 Å². The van der Waals surface area contributed by atoms with Gasteiger partial charge in [-0.2, -0.15) is 0 Å². The molecule has 0 bridgehead atoms. The number of ether oxygens (including phenoxy) is 1. The summed E-state index contributed by atoms with van der Waals surface area (Å²) in [5.74, 6) is 1.80. The highest BCUT2D eigenvalue weighted by molar-refractivity contribution is 7.20. The van der Waals surface area contributed by atoms with E-state index in [9.17, 15) is 0 Å². The average molecular weight is 646 g/mol. The molecule has 0 aliphatic carbocycles. The first-order chi connectivity index (χ1) is 24.3. The molecule has 0 saturated carbocycles. The highest BCUT2D eigenvalue weighted by Crippen LogP contribution is 2.36. The lowest BCUT2D eigenvalue weighted by Gasteiger charge is -2.34. The lowest BCUT2D eigenvalue weighted by molar-refractivity contribution is 0.280. The quantitative estimate of drug-likeness (QED) is 0.144. The molecule has 232 valence electrons. The summed E-state index contributed by atoms with van der Waals surface area (Å²) in [7, 11) is -2.68. The molecule has 10 rings (SSSR count). The Balaban J connectivity index is 1.25. The molecule has 4 nitrogen and oxygen atoms in total. The third-order valence-electron chi connectivity index (χ3n) is 10.2. The van der Waals surface area contributed by atoms with E-state index < -0.39 is 8.07 Å². The van der Waals surface area contributed by atoms with Crippen LogP contribution >= 0.6 is 0 Å². The maximum absolute atomic E-state index is 6.05. The minimum absolute atomic E-state index is 0.453. The zero-order valence-electron chi connectivity index (χ0n) is 26.7. The summed E-state index contributed by atoms with van der Waals surface area (Å²) in [5, 5.41) is 7.97. The third kappa shape index (κ3) is 4.12. The van der Waals surface area contributed by atoms with Gasteiger partial charge in [0.15, 0.2) is 13.9 Å². The predicted octanol–water partition coefficient (Wildman–Crippen LogP) is 7.39. The van der Waals surface area contributed by atoms with E-state index in [0.29, 0.717) is 6.61 Å². The Kier molecular flexibility index (Phi) is 6.23. The van der Waals surface area contributed by atoms with Gasteiger partial charge in [-0.25, -0.2) is 4.98 Å². The second-order valence-electron chi connectivity index (χ2n) is 12.7. The van der Waals surface area contributed by atoms with Crippen molar-refractivity contribution in [3.05, 3.63) is 182 Å². The van der Waals surface area contributed by atoms with Crippen molar-refractivity contribution in [1.82, 2.24) is 14.1 Å². The number of imidazole rings is 1. The van der Waals surface area contributed by atoms with Gasteiger partial charge in [0, 0.05) is 16.5 Å². The standard InChI is InChI=1S/C44H31N3OSi/c1-4-14-32(15-5-1)49(33-16-6-2-7-17-33,34-18-8-3-9-19-34)35-25-27-40-37(29-35)36-20-10-11-21-39(36)46(40)31-24-26-38-42(28-31)47-41-22-12-13-23-43(41)48-30-44(47)45-38/h1-29H,30H2. The van der Waals surface area contributed by atoms with Crippen LogP contribution in [0.2, 0.25) is 0 Å². The van der Waals surface area contributed by atoms with Crippen LogP contribution in [0.25, 0.3) is 44.2 Å². The van der Waals surface area contributed by atoms with Crippen LogP contribution in [-0.2, 0) is 6.61 Å². The fraction of sp³-hybridized carbons (Fsp3) is 0.0227. The van der Waals surface area contributed by atoms with Gasteiger partial charge >= 0.3 is 0 Å². The van der Waals surface area contributed by atoms with Gasteiger partial charge in [0.1, 0.15) is 12.4 Å². The Hall–Kier alpha value is -6.17. The van der Waals surface area contributed by atoms with E-state index in [2.05, 4.69) is 173 Å². The molecule has 0 amide bonds. The summed E-state index contributed by atoms with van der Waals surface area (Å²) in [4.78, 5) is 4.96. The van der Waals surface area contributed by atoms with Crippen LogP contribution in [0.1, 0.15) is 5.82 Å². The summed E-state index contributed by atoms with van der Waals surface area (Å²) >= 11 is 0. The van der Waals surface area contributed by atoms with Crippen molar-refractivity contribution < 1.29 is 4.74 Å². The average Bonchev–Trinajstić information content (AvgIpc) is 3.72. The van der Waals surface area contributed by atoms with E-state index in [0.717, 1.165) is 34.0 Å². The molecule has 5 heteroatoms. The van der Waals surface area contributed by atoms with Gasteiger partial charge in [0.25, 0.3) is 0 Å². The molecule has 0 unspecified atom stereocenters. The fourth-order valence-electron chi connectivity index (χ4n) is 8.07. The molecule has 0 radical (unpaired) electrons. The van der Waals surface area contributed by atoms with E-state index in [-0.39, 0.29) is 0 Å². The first-order valence-corrected chi connectivity index (χ1v) is 18.7. The molecule has 2 aromatic heterocycles. The van der Waals surface area contributed by atoms with Crippen molar-refractivity contribution in [2.75, 3.05) is 0 Å². The van der Waals surface area contributed by atoms with E-state index in [1.807, 2.05) is 12.1 Å². The van der Waals surface area contributed by atoms with Crippen LogP contribution < -0.4 is 25.5 Å². The summed E-state index contributed by atoms with van der Waals surface area (Å²) in [6.07, 6.45) is 0. The molecule has 49 heavy (non-hydrogen) atoms. The zero-order valence-corrected chi connectivity index (χ0v) is 27.7. The van der Waals surface area contributed by atoms with E-state index >= 15 is 0 Å². The highest BCUT2D eigenvalue weighted by atomic mass is 28.3. The Bertz CT molecular complexity index is 2560. The molecule has 3 heterocycles. The van der Waals surface area contributed by atoms with Crippen LogP contribution in [0.15, 0.2) is 176 Å². The zero-order chi connectivity index (χ0) is 32.4. The summed E-state index contributed by atoms with van der Waals surface area (Å²) in [6.45, 7) is 0.453. The van der Waals surface area contributed by atoms with Crippen LogP contribution in [0.3, 0.4) is 0 Å². The number of rotatable bonds is 5. The lowest BCUT2D eigenvalue weighted by atomic mass is 10.1. The topological polar surface area (TPSA) is 32.0 Å². The first-order valence-electron chi connectivity index (χ1n) is 16.7. The maximum Gasteiger partial charge on any atom is 0.179 e. The summed E-state index contributed by atoms with van der Waals surface area (Å²) < 4.78 is 10.7. The normalized spacial score (nSPS) is 12.6. The van der Waals surface area contributed by atoms with Gasteiger partial charge < -0.3 is 9.30 Å². The van der Waals surface area contributed by atoms with E-state index in [1.54, 1.807) is 0 Å². The number of aromatic nitrogens is 3. The molecule has 0 fully saturated rings. The van der Waals surface area contributed by atoms with Crippen LogP contribution in [0.4, 0.5) is 0 Å². The lowest BCUT2D eigenvalue weighted by Crippen LogP contribution is -2.74. The minimum Gasteiger partial charge on any atom is -0.483 e. The van der Waals surface area contributed by atoms with Gasteiger partial charge in [-0.15, -0.1) is 0 Å². The number of nitrogens with zero attached hydrogens (tertiary/aromatic N) is 3. The number of fused-ring (bicyclic) bond motifs is 8. The van der Waals surface area contributed by atoms with Crippen molar-refractivity contribution in [2.24, 2.45) is 0 Å². The predicted molar refractivity (Wildman–Crippen MR) is 203 cm³/mol. The second-order valence-corrected chi connectivity index (χ2v) is 16.5. The number of benzene rings is 7. The third-order valence-corrected chi connectivity index (χ3v) is 14.9. The van der Waals surface area contributed by atoms with E-state index in [4.69, 9.17) is 9.72 Å². The maximum atomic E-state index is 6.05. The summed E-state index contributed by atoms with van der Waals surface area (Å²) in [5.41, 5.74) is 6.54. The van der Waals surface area contributed by atoms with Gasteiger partial charge in [0.05, 0.1) is 27.8 Å². The van der Waals surface area contributed by atoms with Crippen molar-refractivity contribution >= 4 is 61.7 Å². The smallest absolute Gasteiger partial charge is 0.179 e. The molecule has 0 saturated heterocycles. The highest BCUT2D eigenvalue weighted by Gasteiger charge is 2.41. The Morgan fingerprint density at radius 1 is 0.469 bits per heavy atom. The van der Waals surface area contributed by atoms with Crippen molar-refractivity contribution in [3.63, 3.8) is 0 Å². The molecule has 7 aromatic carbocycles. The number of para-hydroxylation sites is 3.